The van der Waals surface area contributed by atoms with Crippen LogP contribution in [0.5, 0.6) is 0 Å². The number of rotatable bonds is 1. The first-order chi connectivity index (χ1) is 5.42. The second kappa shape index (κ2) is 2.20. The number of aromatic nitrogens is 2. The number of hydrogen-bond donors (Lipinski definition) is 0. The predicted octanol–water partition coefficient (Wildman–Crippen LogP) is 1.67. The van der Waals surface area contributed by atoms with E-state index in [1.807, 2.05) is 24.4 Å². The summed E-state index contributed by atoms with van der Waals surface area (Å²) in [5.41, 5.74) is 1.81. The number of hydrogen-bond acceptors (Lipinski definition) is 2. The van der Waals surface area contributed by atoms with Crippen molar-refractivity contribution in [3.63, 3.8) is 0 Å². The number of pyridine rings is 1. The number of nitrogens with zero attached hydrogens (tertiary/aromatic N) is 3. The van der Waals surface area contributed by atoms with Gasteiger partial charge in [0.25, 0.3) is 0 Å². The third-order valence-corrected chi connectivity index (χ3v) is 1.58. The molecule has 2 rings (SSSR count). The summed E-state index contributed by atoms with van der Waals surface area (Å²) in [6.07, 6.45) is 3.58. The smallest absolute Gasteiger partial charge is 0.108 e. The molecule has 54 valence electrons. The Labute approximate surface area is 64.0 Å². The van der Waals surface area contributed by atoms with Crippen LogP contribution in [-0.2, 0) is 0 Å². The van der Waals surface area contributed by atoms with E-state index in [0.717, 1.165) is 11.2 Å². The van der Waals surface area contributed by atoms with Gasteiger partial charge in [0.2, 0.25) is 0 Å². The molecular formula is C8H7N3. The minimum Gasteiger partial charge on any atom is -0.261 e. The van der Waals surface area contributed by atoms with Crippen molar-refractivity contribution in [3.05, 3.63) is 30.6 Å². The zero-order valence-corrected chi connectivity index (χ0v) is 5.94. The Hall–Kier alpha value is -1.64. The third kappa shape index (κ3) is 0.816. The molecule has 3 nitrogen and oxygen atoms in total. The van der Waals surface area contributed by atoms with E-state index >= 15 is 0 Å². The molecule has 0 atom stereocenters. The quantitative estimate of drug-likeness (QED) is 0.561. The van der Waals surface area contributed by atoms with Gasteiger partial charge < -0.3 is 0 Å². The van der Waals surface area contributed by atoms with E-state index in [1.54, 1.807) is 10.7 Å². The minimum absolute atomic E-state index is 0.825. The molecule has 0 bridgehead atoms. The normalized spacial score (nSPS) is 10.2. The molecule has 2 heterocycles. The van der Waals surface area contributed by atoms with E-state index in [1.165, 1.54) is 0 Å². The molecule has 0 aromatic carbocycles. The monoisotopic (exact) mass is 145 g/mol. The first-order valence-electron chi connectivity index (χ1n) is 3.31. The lowest BCUT2D eigenvalue weighted by molar-refractivity contribution is 0.961. The first kappa shape index (κ1) is 6.09. The molecule has 0 radical (unpaired) electrons. The van der Waals surface area contributed by atoms with Crippen LogP contribution in [0.3, 0.4) is 0 Å². The van der Waals surface area contributed by atoms with Crippen LogP contribution in [0, 0.1) is 0 Å². The lowest BCUT2D eigenvalue weighted by Crippen LogP contribution is -1.81. The average molecular weight is 145 g/mol. The van der Waals surface area contributed by atoms with Crippen LogP contribution in [0.4, 0.5) is 5.69 Å². The summed E-state index contributed by atoms with van der Waals surface area (Å²) in [4.78, 5) is 3.83. The van der Waals surface area contributed by atoms with E-state index in [9.17, 15) is 0 Å². The van der Waals surface area contributed by atoms with E-state index < -0.39 is 0 Å². The number of fused-ring (bicyclic) bond motifs is 1. The molecule has 0 unspecified atom stereocenters. The van der Waals surface area contributed by atoms with Crippen molar-refractivity contribution in [2.75, 3.05) is 0 Å². The summed E-state index contributed by atoms with van der Waals surface area (Å²) >= 11 is 0. The highest BCUT2D eigenvalue weighted by Crippen LogP contribution is 2.17. The summed E-state index contributed by atoms with van der Waals surface area (Å²) < 4.78 is 1.77. The van der Waals surface area contributed by atoms with Gasteiger partial charge in [-0.25, -0.2) is 4.52 Å². The van der Waals surface area contributed by atoms with Gasteiger partial charge in [0, 0.05) is 6.20 Å². The van der Waals surface area contributed by atoms with Crippen molar-refractivity contribution in [2.45, 2.75) is 0 Å². The van der Waals surface area contributed by atoms with E-state index in [2.05, 4.69) is 16.8 Å². The highest BCUT2D eigenvalue weighted by Gasteiger charge is 1.97. The molecule has 0 aliphatic carbocycles. The lowest BCUT2D eigenvalue weighted by atomic mass is 10.4. The van der Waals surface area contributed by atoms with Gasteiger partial charge in [-0.3, -0.25) is 4.99 Å². The fourth-order valence-corrected chi connectivity index (χ4v) is 1.04. The van der Waals surface area contributed by atoms with Gasteiger partial charge in [0.05, 0.1) is 11.7 Å². The summed E-state index contributed by atoms with van der Waals surface area (Å²) in [6, 6.07) is 5.83. The van der Waals surface area contributed by atoms with Crippen molar-refractivity contribution in [1.82, 2.24) is 9.61 Å². The second-order valence-corrected chi connectivity index (χ2v) is 2.22. The first-order valence-corrected chi connectivity index (χ1v) is 3.31. The van der Waals surface area contributed by atoms with E-state index in [-0.39, 0.29) is 0 Å². The fraction of sp³-hybridized carbons (Fsp3) is 0. The molecule has 0 saturated heterocycles. The Bertz CT molecular complexity index is 389. The highest BCUT2D eigenvalue weighted by atomic mass is 15.2. The van der Waals surface area contributed by atoms with Gasteiger partial charge in [-0.15, -0.1) is 0 Å². The molecule has 3 heteroatoms. The Morgan fingerprint density at radius 1 is 1.45 bits per heavy atom. The van der Waals surface area contributed by atoms with Crippen molar-refractivity contribution < 1.29 is 0 Å². The molecule has 0 aliphatic rings. The van der Waals surface area contributed by atoms with Crippen LogP contribution in [-0.4, -0.2) is 16.3 Å². The van der Waals surface area contributed by atoms with Crippen LogP contribution in [0.1, 0.15) is 0 Å². The minimum atomic E-state index is 0.825. The van der Waals surface area contributed by atoms with Crippen LogP contribution in [0.15, 0.2) is 35.6 Å². The molecule has 0 aliphatic heterocycles. The van der Waals surface area contributed by atoms with E-state index in [0.29, 0.717) is 0 Å². The van der Waals surface area contributed by atoms with Crippen molar-refractivity contribution in [1.29, 1.82) is 0 Å². The van der Waals surface area contributed by atoms with Gasteiger partial charge in [-0.05, 0) is 18.9 Å². The van der Waals surface area contributed by atoms with Gasteiger partial charge in [-0.1, -0.05) is 6.07 Å². The molecule has 0 fully saturated rings. The van der Waals surface area contributed by atoms with Crippen LogP contribution in [0.2, 0.25) is 0 Å². The zero-order chi connectivity index (χ0) is 7.68. The third-order valence-electron chi connectivity index (χ3n) is 1.58. The highest BCUT2D eigenvalue weighted by molar-refractivity contribution is 5.69. The van der Waals surface area contributed by atoms with Crippen molar-refractivity contribution in [2.24, 2.45) is 4.99 Å². The van der Waals surface area contributed by atoms with Crippen molar-refractivity contribution >= 4 is 17.9 Å². The van der Waals surface area contributed by atoms with Crippen molar-refractivity contribution in [3.8, 4) is 0 Å². The van der Waals surface area contributed by atoms with E-state index in [4.69, 9.17) is 0 Å². The summed E-state index contributed by atoms with van der Waals surface area (Å²) in [6.45, 7) is 3.45. The molecule has 2 aromatic heterocycles. The zero-order valence-electron chi connectivity index (χ0n) is 5.94. The molecule has 0 spiro atoms. The van der Waals surface area contributed by atoms with Gasteiger partial charge >= 0.3 is 0 Å². The standard InChI is InChI=1S/C8H7N3/c1-9-7-6-10-11-5-3-2-4-8(7)11/h2-6H,1H2. The molecular weight excluding hydrogens is 138 g/mol. The topological polar surface area (TPSA) is 29.7 Å². The summed E-state index contributed by atoms with van der Waals surface area (Å²) in [7, 11) is 0. The Morgan fingerprint density at radius 3 is 3.18 bits per heavy atom. The largest absolute Gasteiger partial charge is 0.261 e. The lowest BCUT2D eigenvalue weighted by Gasteiger charge is -1.89. The number of aliphatic imine (C=N–C) groups is 1. The maximum absolute atomic E-state index is 4.07. The molecule has 0 saturated carbocycles. The second-order valence-electron chi connectivity index (χ2n) is 2.22. The van der Waals surface area contributed by atoms with Gasteiger partial charge in [0.15, 0.2) is 0 Å². The molecule has 11 heavy (non-hydrogen) atoms. The SMILES string of the molecule is C=Nc1cnn2ccccc12. The Morgan fingerprint density at radius 2 is 2.36 bits per heavy atom. The fourth-order valence-electron chi connectivity index (χ4n) is 1.04. The summed E-state index contributed by atoms with van der Waals surface area (Å²) in [5, 5.41) is 4.07. The maximum atomic E-state index is 4.07. The Balaban J connectivity index is 2.86. The Kier molecular flexibility index (Phi) is 1.22. The van der Waals surface area contributed by atoms with Crippen LogP contribution < -0.4 is 0 Å². The predicted molar refractivity (Wildman–Crippen MR) is 44.4 cm³/mol. The molecule has 0 amide bonds. The summed E-state index contributed by atoms with van der Waals surface area (Å²) in [5.74, 6) is 0. The van der Waals surface area contributed by atoms with Crippen LogP contribution >= 0.6 is 0 Å². The average Bonchev–Trinajstić information content (AvgIpc) is 2.47. The molecule has 2 aromatic rings. The molecule has 0 N–H and O–H groups in total. The van der Waals surface area contributed by atoms with Crippen LogP contribution in [0.25, 0.3) is 5.52 Å². The van der Waals surface area contributed by atoms with Gasteiger partial charge in [-0.2, -0.15) is 5.10 Å². The van der Waals surface area contributed by atoms with Gasteiger partial charge in [0.1, 0.15) is 5.69 Å². The maximum Gasteiger partial charge on any atom is 0.108 e.